The Morgan fingerprint density at radius 3 is 1.89 bits per heavy atom. The average molecular weight is 463 g/mol. The minimum absolute atomic E-state index is 0.00133. The topological polar surface area (TPSA) is 101 Å². The highest BCUT2D eigenvalue weighted by molar-refractivity contribution is 7.89. The Morgan fingerprint density at radius 2 is 1.39 bits per heavy atom. The van der Waals surface area contributed by atoms with Gasteiger partial charge in [0.25, 0.3) is 0 Å². The lowest BCUT2D eigenvalue weighted by Crippen LogP contribution is -2.39. The second-order valence-electron chi connectivity index (χ2n) is 6.24. The van der Waals surface area contributed by atoms with Crippen molar-refractivity contribution in [2.24, 2.45) is 0 Å². The quantitative estimate of drug-likeness (QED) is 0.663. The summed E-state index contributed by atoms with van der Waals surface area (Å²) >= 11 is 11.6. The predicted molar refractivity (Wildman–Crippen MR) is 105 cm³/mol. The summed E-state index contributed by atoms with van der Waals surface area (Å²) in [5.74, 6) is 0. The molecule has 1 aliphatic heterocycles. The number of carbonyl (C=O) groups is 1. The molecule has 11 heteroatoms. The van der Waals surface area contributed by atoms with Gasteiger partial charge in [0.2, 0.25) is 20.0 Å². The third-order valence-electron chi connectivity index (χ3n) is 4.32. The zero-order valence-electron chi connectivity index (χ0n) is 14.3. The SMILES string of the molecule is O=C[C@@H]1C[C@@H](NS(=O)(=O)c2ccc(Cl)cc2)CN1S(=O)(=O)c1ccc(Cl)cc1. The van der Waals surface area contributed by atoms with Gasteiger partial charge in [-0.15, -0.1) is 0 Å². The number of hydrogen-bond donors (Lipinski definition) is 1. The van der Waals surface area contributed by atoms with Crippen molar-refractivity contribution in [2.75, 3.05) is 6.54 Å². The molecule has 1 saturated heterocycles. The standard InChI is InChI=1S/C17H16Cl2N2O5S2/c18-12-1-5-16(6-2-12)27(23,24)20-14-9-15(11-22)21(10-14)28(25,26)17-7-3-13(19)4-8-17/h1-8,11,14-15,20H,9-10H2/t14-,15+/m1/s1. The molecular formula is C17H16Cl2N2O5S2. The highest BCUT2D eigenvalue weighted by Gasteiger charge is 2.41. The summed E-state index contributed by atoms with van der Waals surface area (Å²) in [5, 5.41) is 0.766. The minimum Gasteiger partial charge on any atom is -0.302 e. The van der Waals surface area contributed by atoms with Crippen molar-refractivity contribution in [3.63, 3.8) is 0 Å². The zero-order valence-corrected chi connectivity index (χ0v) is 17.5. The Morgan fingerprint density at radius 1 is 0.893 bits per heavy atom. The minimum atomic E-state index is -3.98. The monoisotopic (exact) mass is 462 g/mol. The van der Waals surface area contributed by atoms with E-state index in [9.17, 15) is 21.6 Å². The van der Waals surface area contributed by atoms with Crippen LogP contribution in [0.2, 0.25) is 10.0 Å². The fraction of sp³-hybridized carbons (Fsp3) is 0.235. The molecule has 2 aromatic rings. The first kappa shape index (κ1) is 21.2. The fourth-order valence-corrected chi connectivity index (χ4v) is 6.08. The Bertz CT molecular complexity index is 1070. The van der Waals surface area contributed by atoms with Crippen LogP contribution < -0.4 is 4.72 Å². The van der Waals surface area contributed by atoms with Gasteiger partial charge < -0.3 is 4.79 Å². The van der Waals surface area contributed by atoms with E-state index in [-0.39, 0.29) is 22.8 Å². The highest BCUT2D eigenvalue weighted by atomic mass is 35.5. The summed E-state index contributed by atoms with van der Waals surface area (Å²) in [6.45, 7) is -0.165. The number of sulfonamides is 2. The highest BCUT2D eigenvalue weighted by Crippen LogP contribution is 2.27. The number of aldehydes is 1. The molecule has 2 aromatic carbocycles. The van der Waals surface area contributed by atoms with Crippen LogP contribution in [0, 0.1) is 0 Å². The van der Waals surface area contributed by atoms with E-state index in [0.717, 1.165) is 4.31 Å². The van der Waals surface area contributed by atoms with Gasteiger partial charge in [0.05, 0.1) is 15.8 Å². The van der Waals surface area contributed by atoms with E-state index in [1.165, 1.54) is 48.5 Å². The molecule has 1 N–H and O–H groups in total. The third kappa shape index (κ3) is 4.40. The Labute approximate surface area is 173 Å². The van der Waals surface area contributed by atoms with Crippen LogP contribution in [0.3, 0.4) is 0 Å². The van der Waals surface area contributed by atoms with E-state index in [0.29, 0.717) is 16.3 Å². The van der Waals surface area contributed by atoms with E-state index in [4.69, 9.17) is 23.2 Å². The van der Waals surface area contributed by atoms with Crippen LogP contribution in [0.25, 0.3) is 0 Å². The molecule has 0 saturated carbocycles. The summed E-state index contributed by atoms with van der Waals surface area (Å²) in [7, 11) is -7.88. The van der Waals surface area contributed by atoms with Crippen LogP contribution in [-0.4, -0.2) is 46.1 Å². The van der Waals surface area contributed by atoms with Crippen molar-refractivity contribution in [1.29, 1.82) is 0 Å². The number of nitrogens with one attached hydrogen (secondary N) is 1. The number of halogens is 2. The average Bonchev–Trinajstić information content (AvgIpc) is 3.05. The second-order valence-corrected chi connectivity index (χ2v) is 10.7. The molecular weight excluding hydrogens is 447 g/mol. The van der Waals surface area contributed by atoms with Crippen LogP contribution in [-0.2, 0) is 24.8 Å². The van der Waals surface area contributed by atoms with Crippen molar-refractivity contribution in [1.82, 2.24) is 9.03 Å². The van der Waals surface area contributed by atoms with Crippen molar-refractivity contribution >= 4 is 49.5 Å². The summed E-state index contributed by atoms with van der Waals surface area (Å²) in [4.78, 5) is 11.4. The first-order chi connectivity index (χ1) is 13.1. The van der Waals surface area contributed by atoms with Gasteiger partial charge in [-0.3, -0.25) is 0 Å². The van der Waals surface area contributed by atoms with E-state index in [1.54, 1.807) is 0 Å². The molecule has 1 fully saturated rings. The second kappa shape index (κ2) is 8.10. The van der Waals surface area contributed by atoms with Crippen LogP contribution in [0.1, 0.15) is 6.42 Å². The van der Waals surface area contributed by atoms with Crippen molar-refractivity contribution in [3.8, 4) is 0 Å². The van der Waals surface area contributed by atoms with Gasteiger partial charge in [-0.2, -0.15) is 4.31 Å². The molecule has 1 heterocycles. The van der Waals surface area contributed by atoms with Crippen molar-refractivity contribution in [2.45, 2.75) is 28.3 Å². The maximum Gasteiger partial charge on any atom is 0.243 e. The molecule has 7 nitrogen and oxygen atoms in total. The van der Waals surface area contributed by atoms with Gasteiger partial charge in [0.1, 0.15) is 6.29 Å². The Hall–Kier alpha value is -1.49. The lowest BCUT2D eigenvalue weighted by Gasteiger charge is -2.20. The van der Waals surface area contributed by atoms with Crippen molar-refractivity contribution < 1.29 is 21.6 Å². The predicted octanol–water partition coefficient (Wildman–Crippen LogP) is 2.30. The fourth-order valence-electron chi connectivity index (χ4n) is 2.96. The lowest BCUT2D eigenvalue weighted by atomic mass is 10.2. The number of benzene rings is 2. The van der Waals surface area contributed by atoms with E-state index in [1.807, 2.05) is 0 Å². The van der Waals surface area contributed by atoms with E-state index < -0.39 is 32.1 Å². The normalized spacial score (nSPS) is 20.9. The van der Waals surface area contributed by atoms with Gasteiger partial charge in [-0.25, -0.2) is 21.6 Å². The van der Waals surface area contributed by atoms with Crippen LogP contribution in [0.15, 0.2) is 58.3 Å². The van der Waals surface area contributed by atoms with Gasteiger partial charge in [0.15, 0.2) is 0 Å². The summed E-state index contributed by atoms with van der Waals surface area (Å²) in [6, 6.07) is 9.39. The molecule has 3 rings (SSSR count). The van der Waals surface area contributed by atoms with E-state index >= 15 is 0 Å². The van der Waals surface area contributed by atoms with Gasteiger partial charge in [-0.1, -0.05) is 23.2 Å². The maximum absolute atomic E-state index is 12.9. The molecule has 0 unspecified atom stereocenters. The Kier molecular flexibility index (Phi) is 6.14. The number of hydrogen-bond acceptors (Lipinski definition) is 5. The molecule has 28 heavy (non-hydrogen) atoms. The molecule has 0 aromatic heterocycles. The van der Waals surface area contributed by atoms with Crippen molar-refractivity contribution in [3.05, 3.63) is 58.6 Å². The molecule has 0 amide bonds. The number of rotatable bonds is 6. The lowest BCUT2D eigenvalue weighted by molar-refractivity contribution is -0.110. The van der Waals surface area contributed by atoms with E-state index in [2.05, 4.69) is 4.72 Å². The third-order valence-corrected chi connectivity index (χ3v) is 8.26. The smallest absolute Gasteiger partial charge is 0.243 e. The van der Waals surface area contributed by atoms with Crippen LogP contribution in [0.4, 0.5) is 0 Å². The molecule has 0 radical (unpaired) electrons. The zero-order chi connectivity index (χ0) is 20.5. The maximum atomic E-state index is 12.9. The summed E-state index contributed by atoms with van der Waals surface area (Å²) in [6.07, 6.45) is 0.535. The molecule has 1 aliphatic rings. The van der Waals surface area contributed by atoms with Crippen LogP contribution in [0.5, 0.6) is 0 Å². The van der Waals surface area contributed by atoms with Gasteiger partial charge >= 0.3 is 0 Å². The molecule has 0 aliphatic carbocycles. The van der Waals surface area contributed by atoms with Gasteiger partial charge in [-0.05, 0) is 55.0 Å². The first-order valence-corrected chi connectivity index (χ1v) is 11.8. The van der Waals surface area contributed by atoms with Crippen LogP contribution >= 0.6 is 23.2 Å². The number of carbonyl (C=O) groups excluding carboxylic acids is 1. The molecule has 150 valence electrons. The summed E-state index contributed by atoms with van der Waals surface area (Å²) < 4.78 is 54.3. The number of nitrogens with zero attached hydrogens (tertiary/aromatic N) is 1. The Balaban J connectivity index is 1.82. The summed E-state index contributed by atoms with van der Waals surface area (Å²) in [5.41, 5.74) is 0. The first-order valence-electron chi connectivity index (χ1n) is 8.14. The van der Waals surface area contributed by atoms with Gasteiger partial charge in [0, 0.05) is 22.6 Å². The molecule has 2 atom stereocenters. The molecule has 0 spiro atoms. The molecule has 0 bridgehead atoms. The largest absolute Gasteiger partial charge is 0.302 e.